The third kappa shape index (κ3) is 10.1. The molecule has 49 heavy (non-hydrogen) atoms. The summed E-state index contributed by atoms with van der Waals surface area (Å²) in [6.07, 6.45) is 0.295. The van der Waals surface area contributed by atoms with Gasteiger partial charge in [-0.2, -0.15) is 38.8 Å². The normalized spacial score (nSPS) is 16.7. The number of aromatic nitrogens is 4. The predicted octanol–water partition coefficient (Wildman–Crippen LogP) is 4.40. The molecule has 2 fully saturated rings. The van der Waals surface area contributed by atoms with Gasteiger partial charge in [0.1, 0.15) is 36.3 Å². The van der Waals surface area contributed by atoms with Crippen LogP contribution in [0, 0.1) is 0 Å². The van der Waals surface area contributed by atoms with Gasteiger partial charge in [0.2, 0.25) is 22.1 Å². The molecule has 2 aromatic carbocycles. The van der Waals surface area contributed by atoms with Crippen molar-refractivity contribution in [3.8, 4) is 0 Å². The molecular formula is C30H34N8O6S5. The van der Waals surface area contributed by atoms with Crippen molar-refractivity contribution < 1.29 is 28.7 Å². The maximum Gasteiger partial charge on any atom is 0.410 e. The molecule has 4 amide bonds. The van der Waals surface area contributed by atoms with E-state index in [0.717, 1.165) is 32.6 Å². The fraction of sp³-hybridized carbons (Fsp3) is 0.333. The zero-order valence-corrected chi connectivity index (χ0v) is 30.4. The summed E-state index contributed by atoms with van der Waals surface area (Å²) in [7, 11) is 0. The minimum atomic E-state index is -0.526. The lowest BCUT2D eigenvalue weighted by Crippen LogP contribution is -2.35. The first kappa shape index (κ1) is 37.9. The summed E-state index contributed by atoms with van der Waals surface area (Å²) in [5.74, 6) is 0.837. The summed E-state index contributed by atoms with van der Waals surface area (Å²) in [6, 6.07) is 18.3. The standard InChI is InChI=1S/C30H30N8O6S3.2H2S/c39-23(15-37-21(17-43-29(37)41)19-7-3-1-4-8-19)31-27-35-33-25(46-27)11-13-45-14-12-26-34-36-28(47-26)32-24(40)16-38-22(18-44-30(38)42)20-9-5-2-6-10-20;;/h1-10,21-22H,11-18H2,(H,31,35,39)(H,32,36,40);2*1H2/t21-,22-;;/m1../s1. The first-order valence-electron chi connectivity index (χ1n) is 14.7. The van der Waals surface area contributed by atoms with Crippen molar-refractivity contribution in [1.29, 1.82) is 0 Å². The van der Waals surface area contributed by atoms with Crippen molar-refractivity contribution >= 4 is 95.7 Å². The smallest absolute Gasteiger partial charge is 0.410 e. The molecule has 4 heterocycles. The summed E-state index contributed by atoms with van der Waals surface area (Å²) >= 11 is 4.31. The third-order valence-corrected chi connectivity index (χ3v) is 10.1. The number of carbonyl (C=O) groups is 4. The van der Waals surface area contributed by atoms with Crippen LogP contribution in [0.5, 0.6) is 0 Å². The number of cyclic esters (lactones) is 2. The maximum atomic E-state index is 12.7. The Morgan fingerprint density at radius 1 is 0.694 bits per heavy atom. The van der Waals surface area contributed by atoms with Crippen molar-refractivity contribution in [3.05, 3.63) is 81.8 Å². The largest absolute Gasteiger partial charge is 0.447 e. The Balaban J connectivity index is 0.00000270. The van der Waals surface area contributed by atoms with Gasteiger partial charge in [-0.25, -0.2) is 9.59 Å². The highest BCUT2D eigenvalue weighted by atomic mass is 32.2. The Kier molecular flexibility index (Phi) is 14.1. The van der Waals surface area contributed by atoms with E-state index < -0.39 is 12.2 Å². The number of nitrogens with zero attached hydrogens (tertiary/aromatic N) is 6. The van der Waals surface area contributed by atoms with Crippen LogP contribution < -0.4 is 10.6 Å². The van der Waals surface area contributed by atoms with E-state index in [4.69, 9.17) is 9.47 Å². The minimum Gasteiger partial charge on any atom is -0.447 e. The maximum absolute atomic E-state index is 12.7. The van der Waals surface area contributed by atoms with Gasteiger partial charge in [-0.15, -0.1) is 20.4 Å². The molecule has 2 atom stereocenters. The number of hydrogen-bond donors (Lipinski definition) is 2. The van der Waals surface area contributed by atoms with E-state index in [-0.39, 0.29) is 77.2 Å². The molecule has 0 unspecified atom stereocenters. The van der Waals surface area contributed by atoms with E-state index in [1.54, 1.807) is 11.8 Å². The number of ether oxygens (including phenoxy) is 2. The molecule has 4 aromatic rings. The number of thioether (sulfide) groups is 1. The van der Waals surface area contributed by atoms with E-state index in [9.17, 15) is 19.2 Å². The minimum absolute atomic E-state index is 0. The number of amides is 4. The molecular weight excluding hydrogens is 729 g/mol. The van der Waals surface area contributed by atoms with Crippen LogP contribution in [0.4, 0.5) is 19.9 Å². The monoisotopic (exact) mass is 762 g/mol. The van der Waals surface area contributed by atoms with Crippen LogP contribution in [-0.4, -0.2) is 92.0 Å². The molecule has 19 heteroatoms. The van der Waals surface area contributed by atoms with Gasteiger partial charge in [0.15, 0.2) is 0 Å². The lowest BCUT2D eigenvalue weighted by atomic mass is 10.1. The highest BCUT2D eigenvalue weighted by molar-refractivity contribution is 7.99. The Hall–Kier alpha value is -3.91. The van der Waals surface area contributed by atoms with Crippen molar-refractivity contribution in [2.45, 2.75) is 24.9 Å². The van der Waals surface area contributed by atoms with Gasteiger partial charge in [-0.05, 0) is 22.6 Å². The lowest BCUT2D eigenvalue weighted by Gasteiger charge is -2.20. The van der Waals surface area contributed by atoms with E-state index >= 15 is 0 Å². The number of aryl methyl sites for hydroxylation is 2. The third-order valence-electron chi connectivity index (χ3n) is 7.29. The SMILES string of the molecule is O=C(CN1C(=O)OC[C@@H]1c1ccccc1)Nc1nnc(CCSCCc2nnc(NC(=O)CN3C(=O)OC[C@@H]3c3ccccc3)s2)s1.S.S. The number of rotatable bonds is 14. The molecule has 0 radical (unpaired) electrons. The van der Waals surface area contributed by atoms with Crippen LogP contribution in [0.25, 0.3) is 0 Å². The zero-order valence-electron chi connectivity index (χ0n) is 25.9. The van der Waals surface area contributed by atoms with Crippen LogP contribution in [0.3, 0.4) is 0 Å². The second kappa shape index (κ2) is 18.2. The number of carbonyl (C=O) groups excluding carboxylic acids is 4. The molecule has 6 rings (SSSR count). The molecule has 0 spiro atoms. The van der Waals surface area contributed by atoms with Crippen molar-refractivity contribution in [1.82, 2.24) is 30.2 Å². The first-order chi connectivity index (χ1) is 22.9. The molecule has 260 valence electrons. The van der Waals surface area contributed by atoms with Crippen LogP contribution in [0.2, 0.25) is 0 Å². The Morgan fingerprint density at radius 2 is 1.10 bits per heavy atom. The Morgan fingerprint density at radius 3 is 1.51 bits per heavy atom. The zero-order chi connectivity index (χ0) is 32.6. The summed E-state index contributed by atoms with van der Waals surface area (Å²) in [5, 5.41) is 24.3. The van der Waals surface area contributed by atoms with Crippen molar-refractivity contribution in [3.63, 3.8) is 0 Å². The molecule has 14 nitrogen and oxygen atoms in total. The summed E-state index contributed by atoms with van der Waals surface area (Å²) in [6.45, 7) is 0.0906. The van der Waals surface area contributed by atoms with Gasteiger partial charge in [0.25, 0.3) is 0 Å². The first-order valence-corrected chi connectivity index (χ1v) is 17.5. The highest BCUT2D eigenvalue weighted by Crippen LogP contribution is 2.29. The molecule has 2 aliphatic heterocycles. The van der Waals surface area contributed by atoms with Crippen LogP contribution in [0.15, 0.2) is 60.7 Å². The number of hydrogen-bond acceptors (Lipinski definition) is 13. The van der Waals surface area contributed by atoms with Crippen LogP contribution in [0.1, 0.15) is 33.2 Å². The average molecular weight is 763 g/mol. The molecule has 0 bridgehead atoms. The average Bonchev–Trinajstić information content (AvgIpc) is 3.87. The molecule has 0 aliphatic carbocycles. The van der Waals surface area contributed by atoms with E-state index in [0.29, 0.717) is 23.1 Å². The molecule has 2 N–H and O–H groups in total. The second-order valence-electron chi connectivity index (χ2n) is 10.5. The number of benzene rings is 2. The number of nitrogens with one attached hydrogen (secondary N) is 2. The fourth-order valence-electron chi connectivity index (χ4n) is 5.01. The Labute approximate surface area is 308 Å². The van der Waals surface area contributed by atoms with Crippen LogP contribution in [-0.2, 0) is 31.9 Å². The van der Waals surface area contributed by atoms with E-state index in [1.165, 1.54) is 32.5 Å². The fourth-order valence-corrected chi connectivity index (χ4v) is 7.66. The van der Waals surface area contributed by atoms with Crippen LogP contribution >= 0.6 is 61.4 Å². The van der Waals surface area contributed by atoms with E-state index in [1.807, 2.05) is 60.7 Å². The number of anilines is 2. The molecule has 2 saturated heterocycles. The lowest BCUT2D eigenvalue weighted by molar-refractivity contribution is -0.117. The van der Waals surface area contributed by atoms with Gasteiger partial charge in [-0.3, -0.25) is 30.0 Å². The second-order valence-corrected chi connectivity index (χ2v) is 13.8. The quantitative estimate of drug-likeness (QED) is 0.175. The van der Waals surface area contributed by atoms with Gasteiger partial charge < -0.3 is 9.47 Å². The van der Waals surface area contributed by atoms with Gasteiger partial charge in [-0.1, -0.05) is 83.3 Å². The summed E-state index contributed by atoms with van der Waals surface area (Å²) in [5.41, 5.74) is 1.81. The van der Waals surface area contributed by atoms with Crippen molar-refractivity contribution in [2.75, 3.05) is 48.4 Å². The Bertz CT molecular complexity index is 1590. The highest BCUT2D eigenvalue weighted by Gasteiger charge is 2.36. The van der Waals surface area contributed by atoms with Gasteiger partial charge in [0.05, 0.1) is 12.1 Å². The molecule has 2 aliphatic rings. The topological polar surface area (TPSA) is 169 Å². The molecule has 0 saturated carbocycles. The molecule has 2 aromatic heterocycles. The van der Waals surface area contributed by atoms with Crippen molar-refractivity contribution in [2.24, 2.45) is 0 Å². The summed E-state index contributed by atoms with van der Waals surface area (Å²) < 4.78 is 10.4. The van der Waals surface area contributed by atoms with Gasteiger partial charge in [0, 0.05) is 12.8 Å². The predicted molar refractivity (Wildman–Crippen MR) is 197 cm³/mol. The summed E-state index contributed by atoms with van der Waals surface area (Å²) in [4.78, 5) is 52.6. The van der Waals surface area contributed by atoms with E-state index in [2.05, 4.69) is 31.0 Å². The van der Waals surface area contributed by atoms with Gasteiger partial charge >= 0.3 is 12.2 Å².